The summed E-state index contributed by atoms with van der Waals surface area (Å²) < 4.78 is 16.7. The molecule has 26 heavy (non-hydrogen) atoms. The van der Waals surface area contributed by atoms with E-state index in [1.807, 2.05) is 31.2 Å². The number of alkyl halides is 1. The minimum Gasteiger partial charge on any atom is -0.335 e. The third-order valence-electron chi connectivity index (χ3n) is 4.77. The summed E-state index contributed by atoms with van der Waals surface area (Å²) in [5.41, 5.74) is 0.727. The van der Waals surface area contributed by atoms with Crippen LogP contribution in [0.4, 0.5) is 4.39 Å². The van der Waals surface area contributed by atoms with Crippen molar-refractivity contribution in [3.8, 4) is 0 Å². The normalized spacial score (nSPS) is 23.3. The standard InChI is InChI=1S/C19H20FN5O/c1-13-8-16(25-18(23-13)21-12-22-25)15-9-19(2,20)11-24(10-15)17(26)14-6-4-3-5-7-14/h3-8,12,15H,9-11H2,1-2H3. The third-order valence-corrected chi connectivity index (χ3v) is 4.77. The molecule has 0 saturated carbocycles. The molecule has 0 bridgehead atoms. The van der Waals surface area contributed by atoms with Crippen molar-refractivity contribution in [2.24, 2.45) is 0 Å². The number of rotatable bonds is 2. The predicted octanol–water partition coefficient (Wildman–Crippen LogP) is 2.79. The Hall–Kier alpha value is -2.83. The van der Waals surface area contributed by atoms with Gasteiger partial charge < -0.3 is 4.90 Å². The Bertz CT molecular complexity index is 953. The number of likely N-dealkylation sites (tertiary alicyclic amines) is 1. The minimum absolute atomic E-state index is 0.0851. The number of fused-ring (bicyclic) bond motifs is 1. The van der Waals surface area contributed by atoms with Gasteiger partial charge in [-0.1, -0.05) is 18.2 Å². The highest BCUT2D eigenvalue weighted by Crippen LogP contribution is 2.35. The van der Waals surface area contributed by atoms with E-state index in [1.54, 1.807) is 28.5 Å². The van der Waals surface area contributed by atoms with Crippen LogP contribution < -0.4 is 0 Å². The van der Waals surface area contributed by atoms with Crippen molar-refractivity contribution in [1.29, 1.82) is 0 Å². The van der Waals surface area contributed by atoms with Crippen molar-refractivity contribution in [2.45, 2.75) is 31.9 Å². The number of benzene rings is 1. The second kappa shape index (κ2) is 6.16. The zero-order chi connectivity index (χ0) is 18.3. The van der Waals surface area contributed by atoms with Gasteiger partial charge in [0, 0.05) is 23.7 Å². The summed E-state index contributed by atoms with van der Waals surface area (Å²) >= 11 is 0. The van der Waals surface area contributed by atoms with E-state index >= 15 is 4.39 Å². The molecule has 0 radical (unpaired) electrons. The molecule has 0 spiro atoms. The molecule has 0 N–H and O–H groups in total. The van der Waals surface area contributed by atoms with E-state index < -0.39 is 5.67 Å². The number of carbonyl (C=O) groups is 1. The van der Waals surface area contributed by atoms with Gasteiger partial charge in [-0.05, 0) is 38.5 Å². The molecule has 1 fully saturated rings. The predicted molar refractivity (Wildman–Crippen MR) is 94.7 cm³/mol. The zero-order valence-electron chi connectivity index (χ0n) is 14.8. The summed E-state index contributed by atoms with van der Waals surface area (Å²) in [6, 6.07) is 10.9. The maximum atomic E-state index is 15.1. The first-order valence-corrected chi connectivity index (χ1v) is 8.63. The number of hydrogen-bond acceptors (Lipinski definition) is 4. The van der Waals surface area contributed by atoms with Gasteiger partial charge >= 0.3 is 0 Å². The van der Waals surface area contributed by atoms with Gasteiger partial charge in [-0.15, -0.1) is 0 Å². The average molecular weight is 353 g/mol. The molecular formula is C19H20FN5O. The zero-order valence-corrected chi connectivity index (χ0v) is 14.8. The van der Waals surface area contributed by atoms with E-state index in [4.69, 9.17) is 0 Å². The molecule has 7 heteroatoms. The monoisotopic (exact) mass is 353 g/mol. The Labute approximate surface area is 150 Å². The second-order valence-electron chi connectivity index (χ2n) is 7.16. The van der Waals surface area contributed by atoms with Crippen LogP contribution in [0.15, 0.2) is 42.7 Å². The number of hydrogen-bond donors (Lipinski definition) is 0. The van der Waals surface area contributed by atoms with Crippen LogP contribution in [0.3, 0.4) is 0 Å². The van der Waals surface area contributed by atoms with Crippen LogP contribution in [-0.2, 0) is 0 Å². The largest absolute Gasteiger partial charge is 0.335 e. The number of carbonyl (C=O) groups excluding carboxylic acids is 1. The van der Waals surface area contributed by atoms with Gasteiger partial charge in [0.05, 0.1) is 12.2 Å². The molecule has 2 atom stereocenters. The number of piperidine rings is 1. The summed E-state index contributed by atoms with van der Waals surface area (Å²) in [5, 5.41) is 4.23. The number of aromatic nitrogens is 4. The van der Waals surface area contributed by atoms with E-state index in [1.165, 1.54) is 6.33 Å². The Morgan fingerprint density at radius 1 is 1.31 bits per heavy atom. The van der Waals surface area contributed by atoms with Gasteiger partial charge in [-0.25, -0.2) is 13.9 Å². The Balaban J connectivity index is 1.70. The second-order valence-corrected chi connectivity index (χ2v) is 7.16. The lowest BCUT2D eigenvalue weighted by atomic mass is 9.85. The first-order valence-electron chi connectivity index (χ1n) is 8.63. The molecule has 1 saturated heterocycles. The number of amides is 1. The molecule has 3 heterocycles. The molecule has 2 unspecified atom stereocenters. The van der Waals surface area contributed by atoms with Crippen LogP contribution in [0.5, 0.6) is 0 Å². The molecule has 3 aromatic rings. The lowest BCUT2D eigenvalue weighted by Crippen LogP contribution is -2.49. The van der Waals surface area contributed by atoms with E-state index in [0.29, 0.717) is 24.3 Å². The molecule has 1 aliphatic rings. The fraction of sp³-hybridized carbons (Fsp3) is 0.368. The number of nitrogens with zero attached hydrogens (tertiary/aromatic N) is 5. The highest BCUT2D eigenvalue weighted by molar-refractivity contribution is 5.94. The summed E-state index contributed by atoms with van der Waals surface area (Å²) in [7, 11) is 0. The highest BCUT2D eigenvalue weighted by atomic mass is 19.1. The van der Waals surface area contributed by atoms with Crippen LogP contribution in [-0.4, -0.2) is 49.1 Å². The Morgan fingerprint density at radius 3 is 2.85 bits per heavy atom. The van der Waals surface area contributed by atoms with E-state index in [0.717, 1.165) is 11.4 Å². The highest BCUT2D eigenvalue weighted by Gasteiger charge is 2.40. The summed E-state index contributed by atoms with van der Waals surface area (Å²) in [6.07, 6.45) is 1.76. The quantitative estimate of drug-likeness (QED) is 0.711. The Kier molecular flexibility index (Phi) is 3.94. The first kappa shape index (κ1) is 16.6. The molecule has 6 nitrogen and oxygen atoms in total. The van der Waals surface area contributed by atoms with Crippen LogP contribution in [0.2, 0.25) is 0 Å². The molecule has 1 amide bonds. The van der Waals surface area contributed by atoms with E-state index in [-0.39, 0.29) is 18.4 Å². The SMILES string of the molecule is Cc1cc(C2CN(C(=O)c3ccccc3)CC(C)(F)C2)n2ncnc2n1. The molecule has 134 valence electrons. The average Bonchev–Trinajstić information content (AvgIpc) is 3.08. The first-order chi connectivity index (χ1) is 12.4. The van der Waals surface area contributed by atoms with E-state index in [9.17, 15) is 4.79 Å². The van der Waals surface area contributed by atoms with Gasteiger partial charge in [0.2, 0.25) is 0 Å². The minimum atomic E-state index is -1.47. The maximum absolute atomic E-state index is 15.1. The molecule has 2 aromatic heterocycles. The summed E-state index contributed by atoms with van der Waals surface area (Å²) in [4.78, 5) is 22.9. The van der Waals surface area contributed by atoms with E-state index in [2.05, 4.69) is 15.1 Å². The Morgan fingerprint density at radius 2 is 2.08 bits per heavy atom. The van der Waals surface area contributed by atoms with Crippen LogP contribution >= 0.6 is 0 Å². The molecule has 1 aromatic carbocycles. The van der Waals surface area contributed by atoms with Gasteiger partial charge in [-0.2, -0.15) is 10.1 Å². The fourth-order valence-corrected chi connectivity index (χ4v) is 3.74. The summed E-state index contributed by atoms with van der Waals surface area (Å²) in [5.74, 6) is 0.157. The van der Waals surface area contributed by atoms with Crippen LogP contribution in [0.25, 0.3) is 5.78 Å². The van der Waals surface area contributed by atoms with Gasteiger partial charge in [0.25, 0.3) is 11.7 Å². The van der Waals surface area contributed by atoms with Crippen LogP contribution in [0, 0.1) is 6.92 Å². The topological polar surface area (TPSA) is 63.4 Å². The fourth-order valence-electron chi connectivity index (χ4n) is 3.74. The third kappa shape index (κ3) is 3.05. The van der Waals surface area contributed by atoms with Crippen molar-refractivity contribution < 1.29 is 9.18 Å². The van der Waals surface area contributed by atoms with Crippen molar-refractivity contribution in [2.75, 3.05) is 13.1 Å². The van der Waals surface area contributed by atoms with Gasteiger partial charge in [0.1, 0.15) is 12.0 Å². The summed E-state index contributed by atoms with van der Waals surface area (Å²) in [6.45, 7) is 3.95. The van der Waals surface area contributed by atoms with Crippen molar-refractivity contribution >= 4 is 11.7 Å². The van der Waals surface area contributed by atoms with Crippen molar-refractivity contribution in [3.05, 3.63) is 59.7 Å². The number of aryl methyl sites for hydroxylation is 1. The molecule has 1 aliphatic heterocycles. The molecular weight excluding hydrogens is 333 g/mol. The van der Waals surface area contributed by atoms with Gasteiger partial charge in [0.15, 0.2) is 0 Å². The van der Waals surface area contributed by atoms with Crippen molar-refractivity contribution in [1.82, 2.24) is 24.5 Å². The maximum Gasteiger partial charge on any atom is 0.253 e. The molecule has 0 aliphatic carbocycles. The lowest BCUT2D eigenvalue weighted by Gasteiger charge is -2.40. The lowest BCUT2D eigenvalue weighted by molar-refractivity contribution is 0.0342. The van der Waals surface area contributed by atoms with Crippen molar-refractivity contribution in [3.63, 3.8) is 0 Å². The number of halogens is 1. The molecule has 4 rings (SSSR count). The van der Waals surface area contributed by atoms with Crippen LogP contribution in [0.1, 0.15) is 41.0 Å². The smallest absolute Gasteiger partial charge is 0.253 e. The van der Waals surface area contributed by atoms with Gasteiger partial charge in [-0.3, -0.25) is 4.79 Å².